The number of nitrogens with zero attached hydrogens (tertiary/aromatic N) is 2. The molecule has 0 saturated carbocycles. The van der Waals surface area contributed by atoms with Gasteiger partial charge in [-0.15, -0.1) is 11.3 Å². The Balaban J connectivity index is 1.99. The molecule has 0 unspecified atom stereocenters. The molecule has 0 spiro atoms. The summed E-state index contributed by atoms with van der Waals surface area (Å²) in [6.07, 6.45) is 0. The van der Waals surface area contributed by atoms with Gasteiger partial charge in [0.15, 0.2) is 0 Å². The minimum atomic E-state index is -3.52. The van der Waals surface area contributed by atoms with Crippen LogP contribution < -0.4 is 4.72 Å². The van der Waals surface area contributed by atoms with Crippen LogP contribution in [-0.4, -0.2) is 31.4 Å². The highest BCUT2D eigenvalue weighted by molar-refractivity contribution is 7.89. The lowest BCUT2D eigenvalue weighted by Gasteiger charge is -2.15. The first-order valence-corrected chi connectivity index (χ1v) is 11.0. The highest BCUT2D eigenvalue weighted by Crippen LogP contribution is 2.18. The molecule has 0 radical (unpaired) electrons. The molecule has 0 saturated heterocycles. The Morgan fingerprint density at radius 2 is 1.80 bits per heavy atom. The molecular weight excluding hydrogens is 354 g/mol. The summed E-state index contributed by atoms with van der Waals surface area (Å²) < 4.78 is 27.5. The van der Waals surface area contributed by atoms with E-state index in [1.165, 1.54) is 11.3 Å². The van der Waals surface area contributed by atoms with Crippen molar-refractivity contribution in [3.05, 3.63) is 45.9 Å². The first-order valence-electron chi connectivity index (χ1n) is 8.61. The van der Waals surface area contributed by atoms with Crippen molar-refractivity contribution in [1.82, 2.24) is 14.6 Å². The normalized spacial score (nSPS) is 12.2. The smallest absolute Gasteiger partial charge is 0.240 e. The number of nitrogens with one attached hydrogen (secondary N) is 1. The monoisotopic (exact) mass is 381 g/mol. The van der Waals surface area contributed by atoms with E-state index in [4.69, 9.17) is 0 Å². The van der Waals surface area contributed by atoms with E-state index in [9.17, 15) is 8.42 Å². The van der Waals surface area contributed by atoms with Crippen LogP contribution in [0.2, 0.25) is 0 Å². The Morgan fingerprint density at radius 1 is 1.16 bits per heavy atom. The maximum Gasteiger partial charge on any atom is 0.240 e. The van der Waals surface area contributed by atoms with Gasteiger partial charge in [0.2, 0.25) is 10.0 Å². The molecule has 0 aliphatic rings. The van der Waals surface area contributed by atoms with Crippen molar-refractivity contribution in [2.24, 2.45) is 0 Å². The first-order chi connectivity index (χ1) is 11.9. The van der Waals surface area contributed by atoms with Crippen molar-refractivity contribution in [3.63, 3.8) is 0 Å². The lowest BCUT2D eigenvalue weighted by molar-refractivity contribution is 0.292. The van der Waals surface area contributed by atoms with Crippen LogP contribution in [0.1, 0.15) is 49.9 Å². The molecule has 1 N–H and O–H groups in total. The predicted octanol–water partition coefficient (Wildman–Crippen LogP) is 3.59. The standard InChI is InChI=1S/C18H27N3O2S2/c1-5-21(6-2)12-16-13-24-18(20-16)11-19-25(22,23)17-9-7-15(8-10-17)14(3)4/h7-10,13-14,19H,5-6,11-12H2,1-4H3. The van der Waals surface area contributed by atoms with Crippen molar-refractivity contribution in [2.75, 3.05) is 13.1 Å². The first kappa shape index (κ1) is 20.0. The zero-order chi connectivity index (χ0) is 18.4. The summed E-state index contributed by atoms with van der Waals surface area (Å²) in [6, 6.07) is 7.05. The summed E-state index contributed by atoms with van der Waals surface area (Å²) in [5.41, 5.74) is 2.11. The average molecular weight is 382 g/mol. The van der Waals surface area contributed by atoms with E-state index in [1.807, 2.05) is 17.5 Å². The number of aromatic nitrogens is 1. The van der Waals surface area contributed by atoms with Crippen molar-refractivity contribution >= 4 is 21.4 Å². The van der Waals surface area contributed by atoms with Crippen molar-refractivity contribution < 1.29 is 8.42 Å². The molecule has 25 heavy (non-hydrogen) atoms. The molecule has 1 aromatic carbocycles. The van der Waals surface area contributed by atoms with Gasteiger partial charge < -0.3 is 0 Å². The summed E-state index contributed by atoms with van der Waals surface area (Å²) in [7, 11) is -3.52. The van der Waals surface area contributed by atoms with Crippen LogP contribution in [0.3, 0.4) is 0 Å². The number of sulfonamides is 1. The third-order valence-corrected chi connectivity index (χ3v) is 6.46. The number of hydrogen-bond acceptors (Lipinski definition) is 5. The van der Waals surface area contributed by atoms with Gasteiger partial charge in [0.1, 0.15) is 5.01 Å². The zero-order valence-electron chi connectivity index (χ0n) is 15.3. The van der Waals surface area contributed by atoms with Crippen LogP contribution in [0.25, 0.3) is 0 Å². The summed E-state index contributed by atoms with van der Waals surface area (Å²) in [4.78, 5) is 7.10. The van der Waals surface area contributed by atoms with Crippen LogP contribution in [0.15, 0.2) is 34.5 Å². The second-order valence-electron chi connectivity index (χ2n) is 6.24. The zero-order valence-corrected chi connectivity index (χ0v) is 17.0. The van der Waals surface area contributed by atoms with Gasteiger partial charge in [0, 0.05) is 11.9 Å². The van der Waals surface area contributed by atoms with E-state index >= 15 is 0 Å². The van der Waals surface area contributed by atoms with Gasteiger partial charge in [-0.05, 0) is 36.7 Å². The highest BCUT2D eigenvalue weighted by Gasteiger charge is 2.15. The van der Waals surface area contributed by atoms with E-state index in [1.54, 1.807) is 12.1 Å². The maximum absolute atomic E-state index is 12.4. The molecule has 2 rings (SSSR count). The molecule has 0 atom stereocenters. The third kappa shape index (κ3) is 5.60. The highest BCUT2D eigenvalue weighted by atomic mass is 32.2. The lowest BCUT2D eigenvalue weighted by Crippen LogP contribution is -2.24. The SMILES string of the molecule is CCN(CC)Cc1csc(CNS(=O)(=O)c2ccc(C(C)C)cc2)n1. The van der Waals surface area contributed by atoms with E-state index in [0.29, 0.717) is 5.92 Å². The van der Waals surface area contributed by atoms with E-state index in [2.05, 4.69) is 42.3 Å². The summed E-state index contributed by atoms with van der Waals surface area (Å²) >= 11 is 1.49. The van der Waals surface area contributed by atoms with E-state index < -0.39 is 10.0 Å². The quantitative estimate of drug-likeness (QED) is 0.721. The van der Waals surface area contributed by atoms with Gasteiger partial charge in [-0.2, -0.15) is 0 Å². The van der Waals surface area contributed by atoms with E-state index in [0.717, 1.165) is 35.9 Å². The van der Waals surface area contributed by atoms with Crippen LogP contribution in [-0.2, 0) is 23.1 Å². The molecule has 2 aromatic rings. The van der Waals surface area contributed by atoms with Crippen LogP contribution in [0.4, 0.5) is 0 Å². The second-order valence-corrected chi connectivity index (χ2v) is 8.95. The molecule has 1 aromatic heterocycles. The number of thiazole rings is 1. The molecule has 0 amide bonds. The molecule has 1 heterocycles. The maximum atomic E-state index is 12.4. The Labute approximate surface area is 155 Å². The van der Waals surface area contributed by atoms with Gasteiger partial charge in [0.05, 0.1) is 17.1 Å². The molecule has 0 fully saturated rings. The van der Waals surface area contributed by atoms with Gasteiger partial charge in [0.25, 0.3) is 0 Å². The van der Waals surface area contributed by atoms with Gasteiger partial charge in [-0.3, -0.25) is 4.90 Å². The summed E-state index contributed by atoms with van der Waals surface area (Å²) in [5.74, 6) is 0.379. The minimum absolute atomic E-state index is 0.219. The molecule has 138 valence electrons. The molecule has 0 aliphatic carbocycles. The summed E-state index contributed by atoms with van der Waals surface area (Å²) in [5, 5.41) is 2.78. The Bertz CT molecular complexity index is 764. The molecule has 7 heteroatoms. The molecule has 5 nitrogen and oxygen atoms in total. The van der Waals surface area contributed by atoms with Crippen LogP contribution >= 0.6 is 11.3 Å². The number of rotatable bonds is 9. The molecule has 0 bridgehead atoms. The number of hydrogen-bond donors (Lipinski definition) is 1. The van der Waals surface area contributed by atoms with Gasteiger partial charge in [-0.1, -0.05) is 39.8 Å². The van der Waals surface area contributed by atoms with E-state index in [-0.39, 0.29) is 11.4 Å². The van der Waals surface area contributed by atoms with Crippen molar-refractivity contribution in [2.45, 2.75) is 51.6 Å². The van der Waals surface area contributed by atoms with Crippen LogP contribution in [0.5, 0.6) is 0 Å². The second kappa shape index (κ2) is 8.89. The Morgan fingerprint density at radius 3 is 2.36 bits per heavy atom. The fraction of sp³-hybridized carbons (Fsp3) is 0.500. The molecular formula is C18H27N3O2S2. The fourth-order valence-corrected chi connectivity index (χ4v) is 4.25. The fourth-order valence-electron chi connectivity index (χ4n) is 2.45. The van der Waals surface area contributed by atoms with Crippen LogP contribution in [0, 0.1) is 0 Å². The Hall–Kier alpha value is -1.28. The topological polar surface area (TPSA) is 62.3 Å². The third-order valence-electron chi connectivity index (χ3n) is 4.15. The van der Waals surface area contributed by atoms with Gasteiger partial charge >= 0.3 is 0 Å². The minimum Gasteiger partial charge on any atom is -0.298 e. The lowest BCUT2D eigenvalue weighted by atomic mass is 10.0. The largest absolute Gasteiger partial charge is 0.298 e. The van der Waals surface area contributed by atoms with Crippen molar-refractivity contribution in [3.8, 4) is 0 Å². The predicted molar refractivity (Wildman–Crippen MR) is 103 cm³/mol. The molecule has 0 aliphatic heterocycles. The average Bonchev–Trinajstić information content (AvgIpc) is 3.05. The Kier molecular flexibility index (Phi) is 7.13. The number of benzene rings is 1. The van der Waals surface area contributed by atoms with Gasteiger partial charge in [-0.25, -0.2) is 18.1 Å². The van der Waals surface area contributed by atoms with Crippen molar-refractivity contribution in [1.29, 1.82) is 0 Å². The summed E-state index contributed by atoms with van der Waals surface area (Å²) in [6.45, 7) is 11.4.